The highest BCUT2D eigenvalue weighted by molar-refractivity contribution is 6.31. The smallest absolute Gasteiger partial charge is 0.343 e. The van der Waals surface area contributed by atoms with Gasteiger partial charge in [-0.1, -0.05) is 18.5 Å². The Morgan fingerprint density at radius 3 is 2.70 bits per heavy atom. The molecule has 0 saturated heterocycles. The fourth-order valence-electron chi connectivity index (χ4n) is 2.26. The topological polar surface area (TPSA) is 47.8 Å². The molecular formula is C15H16ClNO3. The van der Waals surface area contributed by atoms with Crippen LogP contribution in [0, 0.1) is 6.92 Å². The van der Waals surface area contributed by atoms with Gasteiger partial charge in [-0.2, -0.15) is 0 Å². The molecule has 20 heavy (non-hydrogen) atoms. The lowest BCUT2D eigenvalue weighted by molar-refractivity contribution is 0.0524. The van der Waals surface area contributed by atoms with E-state index >= 15 is 0 Å². The molecule has 4 nitrogen and oxygen atoms in total. The fourth-order valence-corrected chi connectivity index (χ4v) is 2.40. The molecule has 0 fully saturated rings. The second kappa shape index (κ2) is 5.67. The first kappa shape index (κ1) is 14.6. The minimum Gasteiger partial charge on any atom is -0.462 e. The van der Waals surface area contributed by atoms with Gasteiger partial charge in [0.05, 0.1) is 12.1 Å². The molecule has 0 saturated carbocycles. The number of aromatic nitrogens is 1. The molecule has 0 aliphatic rings. The Hall–Kier alpha value is -1.81. The molecule has 0 bridgehead atoms. The maximum absolute atomic E-state index is 12.4. The summed E-state index contributed by atoms with van der Waals surface area (Å²) in [6.45, 7) is 5.78. The normalized spacial score (nSPS) is 10.8. The molecule has 2 aromatic heterocycles. The number of pyridine rings is 2. The number of carbonyl (C=O) groups excluding carboxylic acids is 1. The van der Waals surface area contributed by atoms with E-state index in [2.05, 4.69) is 0 Å². The van der Waals surface area contributed by atoms with Crippen molar-refractivity contribution in [2.24, 2.45) is 0 Å². The van der Waals surface area contributed by atoms with Crippen LogP contribution >= 0.6 is 11.6 Å². The second-order valence-electron chi connectivity index (χ2n) is 4.47. The van der Waals surface area contributed by atoms with E-state index in [-0.39, 0.29) is 17.7 Å². The zero-order valence-electron chi connectivity index (χ0n) is 11.7. The summed E-state index contributed by atoms with van der Waals surface area (Å²) in [5.41, 5.74) is 2.17. The molecule has 0 spiro atoms. The van der Waals surface area contributed by atoms with Gasteiger partial charge in [-0.3, -0.25) is 9.20 Å². The Labute approximate surface area is 121 Å². The van der Waals surface area contributed by atoms with Crippen molar-refractivity contribution in [2.75, 3.05) is 6.61 Å². The van der Waals surface area contributed by atoms with E-state index in [0.717, 1.165) is 16.6 Å². The molecule has 0 radical (unpaired) electrons. The first-order valence-corrected chi connectivity index (χ1v) is 6.89. The molecule has 0 N–H and O–H groups in total. The summed E-state index contributed by atoms with van der Waals surface area (Å²) in [6.07, 6.45) is 2.28. The van der Waals surface area contributed by atoms with Crippen molar-refractivity contribution in [1.29, 1.82) is 0 Å². The average Bonchev–Trinajstić information content (AvgIpc) is 2.43. The van der Waals surface area contributed by atoms with Crippen molar-refractivity contribution in [3.63, 3.8) is 0 Å². The third-order valence-electron chi connectivity index (χ3n) is 3.27. The third-order valence-corrected chi connectivity index (χ3v) is 3.68. The highest BCUT2D eigenvalue weighted by Crippen LogP contribution is 2.23. The Balaban J connectivity index is 2.84. The van der Waals surface area contributed by atoms with E-state index in [0.29, 0.717) is 11.4 Å². The SMILES string of the molecule is CCOC(=O)c1cc(CC)c2c(C)c(Cl)ccn2c1=O. The fraction of sp³-hybridized carbons (Fsp3) is 0.333. The number of hydrogen-bond donors (Lipinski definition) is 0. The van der Waals surface area contributed by atoms with E-state index in [9.17, 15) is 9.59 Å². The van der Waals surface area contributed by atoms with Crippen LogP contribution in [0.5, 0.6) is 0 Å². The number of aryl methyl sites for hydroxylation is 2. The molecule has 0 aromatic carbocycles. The summed E-state index contributed by atoms with van der Waals surface area (Å²) in [6, 6.07) is 3.26. The van der Waals surface area contributed by atoms with Gasteiger partial charge in [-0.05, 0) is 43.5 Å². The van der Waals surface area contributed by atoms with Gasteiger partial charge < -0.3 is 4.74 Å². The lowest BCUT2D eigenvalue weighted by atomic mass is 10.1. The molecule has 2 heterocycles. The van der Waals surface area contributed by atoms with Crippen molar-refractivity contribution in [1.82, 2.24) is 4.40 Å². The lowest BCUT2D eigenvalue weighted by Gasteiger charge is -2.12. The Kier molecular flexibility index (Phi) is 4.14. The summed E-state index contributed by atoms with van der Waals surface area (Å²) in [7, 11) is 0. The van der Waals surface area contributed by atoms with E-state index < -0.39 is 5.97 Å². The maximum atomic E-state index is 12.4. The number of rotatable bonds is 3. The first-order chi connectivity index (χ1) is 9.51. The van der Waals surface area contributed by atoms with Gasteiger partial charge in [-0.15, -0.1) is 0 Å². The van der Waals surface area contributed by atoms with Gasteiger partial charge >= 0.3 is 5.97 Å². The van der Waals surface area contributed by atoms with Gasteiger partial charge in [0.15, 0.2) is 0 Å². The molecule has 2 rings (SSSR count). The highest BCUT2D eigenvalue weighted by atomic mass is 35.5. The minimum absolute atomic E-state index is 0.0583. The summed E-state index contributed by atoms with van der Waals surface area (Å²) < 4.78 is 6.40. The summed E-state index contributed by atoms with van der Waals surface area (Å²) >= 11 is 6.11. The second-order valence-corrected chi connectivity index (χ2v) is 4.88. The summed E-state index contributed by atoms with van der Waals surface area (Å²) in [5, 5.41) is 0.600. The Bertz CT molecular complexity index is 734. The van der Waals surface area contributed by atoms with E-state index in [1.165, 1.54) is 4.40 Å². The molecule has 0 aliphatic carbocycles. The van der Waals surface area contributed by atoms with Gasteiger partial charge in [-0.25, -0.2) is 4.79 Å². The van der Waals surface area contributed by atoms with Crippen LogP contribution in [-0.2, 0) is 11.2 Å². The molecule has 2 aromatic rings. The number of hydrogen-bond acceptors (Lipinski definition) is 3. The maximum Gasteiger partial charge on any atom is 0.343 e. The van der Waals surface area contributed by atoms with Crippen molar-refractivity contribution >= 4 is 23.1 Å². The number of esters is 1. The zero-order chi connectivity index (χ0) is 14.9. The standard InChI is InChI=1S/C15H16ClNO3/c1-4-10-8-11(15(19)20-5-2)14(18)17-7-6-12(16)9(3)13(10)17/h6-8H,4-5H2,1-3H3. The van der Waals surface area contributed by atoms with Gasteiger partial charge in [0.2, 0.25) is 0 Å². The lowest BCUT2D eigenvalue weighted by Crippen LogP contribution is -2.24. The number of fused-ring (bicyclic) bond motifs is 1. The predicted octanol–water partition coefficient (Wildman–Crippen LogP) is 3.00. The molecule has 106 valence electrons. The quantitative estimate of drug-likeness (QED) is 0.817. The monoisotopic (exact) mass is 293 g/mol. The van der Waals surface area contributed by atoms with Crippen LogP contribution in [0.4, 0.5) is 0 Å². The Morgan fingerprint density at radius 2 is 2.10 bits per heavy atom. The van der Waals surface area contributed by atoms with Crippen LogP contribution < -0.4 is 5.56 Å². The highest BCUT2D eigenvalue weighted by Gasteiger charge is 2.17. The third kappa shape index (κ3) is 2.31. The van der Waals surface area contributed by atoms with Crippen molar-refractivity contribution in [3.05, 3.63) is 50.4 Å². The van der Waals surface area contributed by atoms with Crippen LogP contribution in [0.25, 0.3) is 5.52 Å². The Morgan fingerprint density at radius 1 is 1.40 bits per heavy atom. The van der Waals surface area contributed by atoms with Gasteiger partial charge in [0.1, 0.15) is 5.56 Å². The molecule has 0 atom stereocenters. The van der Waals surface area contributed by atoms with Crippen LogP contribution in [0.15, 0.2) is 23.1 Å². The van der Waals surface area contributed by atoms with Gasteiger partial charge in [0, 0.05) is 11.2 Å². The van der Waals surface area contributed by atoms with E-state index in [4.69, 9.17) is 16.3 Å². The number of carbonyl (C=O) groups is 1. The number of ether oxygens (including phenoxy) is 1. The molecule has 0 aliphatic heterocycles. The van der Waals surface area contributed by atoms with Crippen molar-refractivity contribution in [2.45, 2.75) is 27.2 Å². The summed E-state index contributed by atoms with van der Waals surface area (Å²) in [4.78, 5) is 24.3. The number of halogens is 1. The van der Waals surface area contributed by atoms with Crippen LogP contribution in [0.2, 0.25) is 5.02 Å². The minimum atomic E-state index is -0.589. The van der Waals surface area contributed by atoms with E-state index in [1.807, 2.05) is 13.8 Å². The largest absolute Gasteiger partial charge is 0.462 e. The molecular weight excluding hydrogens is 278 g/mol. The van der Waals surface area contributed by atoms with Crippen LogP contribution in [0.1, 0.15) is 35.3 Å². The first-order valence-electron chi connectivity index (χ1n) is 6.51. The van der Waals surface area contributed by atoms with Gasteiger partial charge in [0.25, 0.3) is 5.56 Å². The number of nitrogens with zero attached hydrogens (tertiary/aromatic N) is 1. The molecule has 0 unspecified atom stereocenters. The average molecular weight is 294 g/mol. The predicted molar refractivity (Wildman–Crippen MR) is 78.7 cm³/mol. The van der Waals surface area contributed by atoms with Crippen molar-refractivity contribution < 1.29 is 9.53 Å². The zero-order valence-corrected chi connectivity index (χ0v) is 12.5. The summed E-state index contributed by atoms with van der Waals surface area (Å²) in [5.74, 6) is -0.589. The van der Waals surface area contributed by atoms with E-state index in [1.54, 1.807) is 25.3 Å². The van der Waals surface area contributed by atoms with Crippen LogP contribution in [0.3, 0.4) is 0 Å². The van der Waals surface area contributed by atoms with Crippen molar-refractivity contribution in [3.8, 4) is 0 Å². The molecule has 0 amide bonds. The van der Waals surface area contributed by atoms with Crippen LogP contribution in [-0.4, -0.2) is 17.0 Å². The molecule has 5 heteroatoms.